The molecule has 5 heteroatoms. The van der Waals surface area contributed by atoms with E-state index in [-0.39, 0.29) is 5.91 Å². The normalized spacial score (nSPS) is 19.1. The summed E-state index contributed by atoms with van der Waals surface area (Å²) in [5.74, 6) is 0.854. The Balaban J connectivity index is 1.78. The number of hydrogen-bond donors (Lipinski definition) is 0. The van der Waals surface area contributed by atoms with Crippen molar-refractivity contribution in [3.05, 3.63) is 42.6 Å². The molecule has 1 fully saturated rings. The molecule has 0 spiro atoms. The Labute approximate surface area is 118 Å². The second-order valence-corrected chi connectivity index (χ2v) is 5.22. The van der Waals surface area contributed by atoms with Crippen LogP contribution in [0.2, 0.25) is 0 Å². The van der Waals surface area contributed by atoms with Gasteiger partial charge in [0, 0.05) is 31.2 Å². The van der Waals surface area contributed by atoms with Gasteiger partial charge < -0.3 is 4.90 Å². The highest BCUT2D eigenvalue weighted by atomic mass is 16.2. The lowest BCUT2D eigenvalue weighted by Crippen LogP contribution is -2.42. The first-order chi connectivity index (χ1) is 9.75. The van der Waals surface area contributed by atoms with Gasteiger partial charge in [-0.1, -0.05) is 0 Å². The molecule has 1 aliphatic heterocycles. The van der Waals surface area contributed by atoms with Crippen LogP contribution >= 0.6 is 0 Å². The fourth-order valence-corrected chi connectivity index (χ4v) is 2.63. The number of amides is 1. The van der Waals surface area contributed by atoms with Gasteiger partial charge in [-0.3, -0.25) is 9.36 Å². The zero-order valence-electron chi connectivity index (χ0n) is 11.6. The van der Waals surface area contributed by atoms with E-state index in [2.05, 4.69) is 16.9 Å². The minimum absolute atomic E-state index is 0.0851. The Morgan fingerprint density at radius 2 is 2.25 bits per heavy atom. The number of hydrogen-bond acceptors (Lipinski definition) is 3. The Morgan fingerprint density at radius 3 is 2.90 bits per heavy atom. The molecule has 0 radical (unpaired) electrons. The van der Waals surface area contributed by atoms with E-state index in [0.717, 1.165) is 25.2 Å². The summed E-state index contributed by atoms with van der Waals surface area (Å²) in [5.41, 5.74) is 0.655. The minimum atomic E-state index is 0.0851. The largest absolute Gasteiger partial charge is 0.336 e. The third-order valence-electron chi connectivity index (χ3n) is 3.83. The van der Waals surface area contributed by atoms with Crippen molar-refractivity contribution in [3.8, 4) is 5.82 Å². The monoisotopic (exact) mass is 270 g/mol. The summed E-state index contributed by atoms with van der Waals surface area (Å²) in [4.78, 5) is 22.8. The lowest BCUT2D eigenvalue weighted by atomic mass is 10.0. The molecule has 1 aliphatic rings. The van der Waals surface area contributed by atoms with Crippen LogP contribution in [0.5, 0.6) is 0 Å². The summed E-state index contributed by atoms with van der Waals surface area (Å²) >= 11 is 0. The van der Waals surface area contributed by atoms with Gasteiger partial charge in [0.1, 0.15) is 12.1 Å². The molecule has 104 valence electrons. The number of likely N-dealkylation sites (tertiary alicyclic amines) is 1. The highest BCUT2D eigenvalue weighted by Crippen LogP contribution is 2.19. The molecule has 0 aromatic carbocycles. The Bertz CT molecular complexity index is 576. The fraction of sp³-hybridized carbons (Fsp3) is 0.400. The third kappa shape index (κ3) is 2.43. The number of piperidine rings is 1. The van der Waals surface area contributed by atoms with E-state index in [9.17, 15) is 4.79 Å². The van der Waals surface area contributed by atoms with Crippen molar-refractivity contribution in [1.82, 2.24) is 19.4 Å². The summed E-state index contributed by atoms with van der Waals surface area (Å²) in [5, 5.41) is 0. The lowest BCUT2D eigenvalue weighted by Gasteiger charge is -2.33. The average Bonchev–Trinajstić information content (AvgIpc) is 3.01. The van der Waals surface area contributed by atoms with Crippen molar-refractivity contribution in [2.24, 2.45) is 0 Å². The van der Waals surface area contributed by atoms with Crippen LogP contribution in [0.25, 0.3) is 5.82 Å². The molecular formula is C15H18N4O. The van der Waals surface area contributed by atoms with Gasteiger partial charge in [-0.25, -0.2) is 9.97 Å². The van der Waals surface area contributed by atoms with E-state index >= 15 is 0 Å². The van der Waals surface area contributed by atoms with Crippen molar-refractivity contribution in [1.29, 1.82) is 0 Å². The van der Waals surface area contributed by atoms with Crippen LogP contribution in [-0.4, -0.2) is 37.9 Å². The van der Waals surface area contributed by atoms with E-state index < -0.39 is 0 Å². The molecule has 3 heterocycles. The van der Waals surface area contributed by atoms with Gasteiger partial charge in [0.25, 0.3) is 5.91 Å². The summed E-state index contributed by atoms with van der Waals surface area (Å²) in [7, 11) is 0. The summed E-state index contributed by atoms with van der Waals surface area (Å²) in [6.45, 7) is 2.97. The molecule has 2 aromatic rings. The fourth-order valence-electron chi connectivity index (χ4n) is 2.63. The van der Waals surface area contributed by atoms with Gasteiger partial charge in [0.05, 0.1) is 5.56 Å². The molecule has 0 bridgehead atoms. The third-order valence-corrected chi connectivity index (χ3v) is 3.83. The molecule has 3 rings (SSSR count). The standard InChI is InChI=1S/C15H18N4O/c1-12-4-2-3-8-19(12)15(20)13-5-6-14(17-10-13)18-9-7-16-11-18/h5-7,9-12H,2-4,8H2,1H3. The van der Waals surface area contributed by atoms with Gasteiger partial charge >= 0.3 is 0 Å². The molecule has 1 amide bonds. The van der Waals surface area contributed by atoms with Crippen molar-refractivity contribution in [2.75, 3.05) is 6.54 Å². The van der Waals surface area contributed by atoms with E-state index in [1.807, 2.05) is 27.8 Å². The van der Waals surface area contributed by atoms with Crippen molar-refractivity contribution in [2.45, 2.75) is 32.2 Å². The van der Waals surface area contributed by atoms with Gasteiger partial charge in [0.15, 0.2) is 0 Å². The predicted molar refractivity (Wildman–Crippen MR) is 75.7 cm³/mol. The van der Waals surface area contributed by atoms with Gasteiger partial charge in [-0.05, 0) is 38.3 Å². The average molecular weight is 270 g/mol. The van der Waals surface area contributed by atoms with E-state index in [4.69, 9.17) is 0 Å². The van der Waals surface area contributed by atoms with Crippen molar-refractivity contribution in [3.63, 3.8) is 0 Å². The number of pyridine rings is 1. The number of carbonyl (C=O) groups is 1. The zero-order valence-corrected chi connectivity index (χ0v) is 11.6. The Kier molecular flexibility index (Phi) is 3.50. The molecular weight excluding hydrogens is 252 g/mol. The maximum Gasteiger partial charge on any atom is 0.255 e. The number of aromatic nitrogens is 3. The molecule has 1 saturated heterocycles. The smallest absolute Gasteiger partial charge is 0.255 e. The predicted octanol–water partition coefficient (Wildman–Crippen LogP) is 2.28. The second kappa shape index (κ2) is 5.45. The number of carbonyl (C=O) groups excluding carboxylic acids is 1. The molecule has 0 aliphatic carbocycles. The summed E-state index contributed by atoms with van der Waals surface area (Å²) in [6, 6.07) is 4.01. The van der Waals surface area contributed by atoms with Crippen LogP contribution in [0, 0.1) is 0 Å². The second-order valence-electron chi connectivity index (χ2n) is 5.22. The molecule has 2 aromatic heterocycles. The molecule has 0 saturated carbocycles. The SMILES string of the molecule is CC1CCCCN1C(=O)c1ccc(-n2ccnc2)nc1. The van der Waals surface area contributed by atoms with Crippen LogP contribution in [0.15, 0.2) is 37.1 Å². The first kappa shape index (κ1) is 12.8. The maximum absolute atomic E-state index is 12.5. The van der Waals surface area contributed by atoms with Crippen LogP contribution in [0.4, 0.5) is 0 Å². The van der Waals surface area contributed by atoms with Crippen LogP contribution in [0.1, 0.15) is 36.5 Å². The maximum atomic E-state index is 12.5. The van der Waals surface area contributed by atoms with Gasteiger partial charge in [-0.2, -0.15) is 0 Å². The van der Waals surface area contributed by atoms with Crippen molar-refractivity contribution < 1.29 is 4.79 Å². The summed E-state index contributed by atoms with van der Waals surface area (Å²) in [6.07, 6.45) is 10.3. The number of rotatable bonds is 2. The Morgan fingerprint density at radius 1 is 1.35 bits per heavy atom. The molecule has 0 N–H and O–H groups in total. The zero-order chi connectivity index (χ0) is 13.9. The first-order valence-electron chi connectivity index (χ1n) is 7.01. The molecule has 1 unspecified atom stereocenters. The molecule has 5 nitrogen and oxygen atoms in total. The van der Waals surface area contributed by atoms with Crippen molar-refractivity contribution >= 4 is 5.91 Å². The van der Waals surface area contributed by atoms with E-state index in [1.165, 1.54) is 6.42 Å². The van der Waals surface area contributed by atoms with Crippen LogP contribution in [-0.2, 0) is 0 Å². The van der Waals surface area contributed by atoms with E-state index in [0.29, 0.717) is 11.6 Å². The highest BCUT2D eigenvalue weighted by molar-refractivity contribution is 5.94. The van der Waals surface area contributed by atoms with Gasteiger partial charge in [-0.15, -0.1) is 0 Å². The number of nitrogens with zero attached hydrogens (tertiary/aromatic N) is 4. The van der Waals surface area contributed by atoms with Crippen LogP contribution in [0.3, 0.4) is 0 Å². The Hall–Kier alpha value is -2.17. The van der Waals surface area contributed by atoms with E-state index in [1.54, 1.807) is 18.7 Å². The highest BCUT2D eigenvalue weighted by Gasteiger charge is 2.24. The lowest BCUT2D eigenvalue weighted by molar-refractivity contribution is 0.0635. The topological polar surface area (TPSA) is 51.0 Å². The van der Waals surface area contributed by atoms with Crippen LogP contribution < -0.4 is 0 Å². The van der Waals surface area contributed by atoms with Gasteiger partial charge in [0.2, 0.25) is 0 Å². The minimum Gasteiger partial charge on any atom is -0.336 e. The first-order valence-corrected chi connectivity index (χ1v) is 7.01. The molecule has 1 atom stereocenters. The quantitative estimate of drug-likeness (QED) is 0.841. The molecule has 20 heavy (non-hydrogen) atoms. The number of imidazole rings is 1. The summed E-state index contributed by atoms with van der Waals surface area (Å²) < 4.78 is 1.82.